The molecule has 1 N–H and O–H groups in total. The second-order valence-corrected chi connectivity index (χ2v) is 7.08. The zero-order valence-corrected chi connectivity index (χ0v) is 12.9. The molecule has 0 heterocycles. The van der Waals surface area contributed by atoms with Crippen LogP contribution in [0.2, 0.25) is 0 Å². The number of halogens is 2. The standard InChI is InChI=1S/C11H13BrClNO3S/c1-2-3-6-14-11(15)8-4-5-9(12)10(7-8)18(13,16)17/h4-5,7H,2-3,6H2,1H3,(H,14,15). The van der Waals surface area contributed by atoms with Crippen molar-refractivity contribution in [2.24, 2.45) is 0 Å². The van der Waals surface area contributed by atoms with E-state index in [1.54, 1.807) is 0 Å². The van der Waals surface area contributed by atoms with Gasteiger partial charge in [-0.2, -0.15) is 0 Å². The molecule has 0 saturated carbocycles. The van der Waals surface area contributed by atoms with Crippen LogP contribution in [0.15, 0.2) is 27.6 Å². The van der Waals surface area contributed by atoms with Crippen LogP contribution in [-0.2, 0) is 9.05 Å². The van der Waals surface area contributed by atoms with Gasteiger partial charge in [-0.15, -0.1) is 0 Å². The van der Waals surface area contributed by atoms with Crippen molar-refractivity contribution in [1.82, 2.24) is 5.32 Å². The van der Waals surface area contributed by atoms with Crippen molar-refractivity contribution in [3.63, 3.8) is 0 Å². The van der Waals surface area contributed by atoms with E-state index in [-0.39, 0.29) is 16.4 Å². The van der Waals surface area contributed by atoms with Gasteiger partial charge in [0, 0.05) is 27.3 Å². The number of carbonyl (C=O) groups is 1. The third kappa shape index (κ3) is 4.26. The maximum Gasteiger partial charge on any atom is 0.262 e. The summed E-state index contributed by atoms with van der Waals surface area (Å²) >= 11 is 3.08. The molecule has 7 heteroatoms. The van der Waals surface area contributed by atoms with Gasteiger partial charge in [0.2, 0.25) is 0 Å². The fraction of sp³-hybridized carbons (Fsp3) is 0.364. The van der Waals surface area contributed by atoms with Gasteiger partial charge < -0.3 is 5.32 Å². The molecule has 1 aromatic carbocycles. The first-order chi connectivity index (χ1) is 8.36. The first kappa shape index (κ1) is 15.5. The number of carbonyl (C=O) groups excluding carboxylic acids is 1. The molecule has 1 rings (SSSR count). The molecule has 0 saturated heterocycles. The number of benzene rings is 1. The minimum Gasteiger partial charge on any atom is -0.352 e. The first-order valence-corrected chi connectivity index (χ1v) is 8.49. The van der Waals surface area contributed by atoms with Gasteiger partial charge in [0.25, 0.3) is 15.0 Å². The Morgan fingerprint density at radius 1 is 1.44 bits per heavy atom. The van der Waals surface area contributed by atoms with Gasteiger partial charge in [0.05, 0.1) is 4.90 Å². The monoisotopic (exact) mass is 353 g/mol. The third-order valence-corrected chi connectivity index (χ3v) is 4.59. The van der Waals surface area contributed by atoms with Crippen molar-refractivity contribution >= 4 is 41.6 Å². The molecule has 0 atom stereocenters. The van der Waals surface area contributed by atoms with Crippen LogP contribution < -0.4 is 5.32 Å². The highest BCUT2D eigenvalue weighted by atomic mass is 79.9. The molecule has 100 valence electrons. The normalized spacial score (nSPS) is 11.3. The molecule has 0 aliphatic rings. The molecule has 0 aliphatic heterocycles. The fourth-order valence-corrected chi connectivity index (χ4v) is 3.43. The number of hydrogen-bond donors (Lipinski definition) is 1. The molecular weight excluding hydrogens is 342 g/mol. The maximum atomic E-state index is 11.7. The number of hydrogen-bond acceptors (Lipinski definition) is 3. The summed E-state index contributed by atoms with van der Waals surface area (Å²) in [7, 11) is 1.41. The summed E-state index contributed by atoms with van der Waals surface area (Å²) in [6.45, 7) is 2.58. The largest absolute Gasteiger partial charge is 0.352 e. The fourth-order valence-electron chi connectivity index (χ4n) is 1.31. The topological polar surface area (TPSA) is 63.2 Å². The molecule has 0 bridgehead atoms. The van der Waals surface area contributed by atoms with Crippen molar-refractivity contribution in [2.75, 3.05) is 6.54 Å². The number of amides is 1. The van der Waals surface area contributed by atoms with E-state index in [0.29, 0.717) is 11.0 Å². The lowest BCUT2D eigenvalue weighted by Crippen LogP contribution is -2.24. The summed E-state index contributed by atoms with van der Waals surface area (Å²) in [5.74, 6) is -0.308. The highest BCUT2D eigenvalue weighted by molar-refractivity contribution is 9.10. The van der Waals surface area contributed by atoms with Crippen LogP contribution in [0.25, 0.3) is 0 Å². The molecule has 1 aromatic rings. The van der Waals surface area contributed by atoms with Crippen molar-refractivity contribution in [3.8, 4) is 0 Å². The van der Waals surface area contributed by atoms with Crippen LogP contribution in [0.1, 0.15) is 30.1 Å². The van der Waals surface area contributed by atoms with Gasteiger partial charge in [-0.05, 0) is 40.5 Å². The molecular formula is C11H13BrClNO3S. The maximum absolute atomic E-state index is 11.7. The minimum absolute atomic E-state index is 0.104. The van der Waals surface area contributed by atoms with Gasteiger partial charge in [0.15, 0.2) is 0 Å². The lowest BCUT2D eigenvalue weighted by atomic mass is 10.2. The van der Waals surface area contributed by atoms with E-state index in [4.69, 9.17) is 10.7 Å². The van der Waals surface area contributed by atoms with E-state index >= 15 is 0 Å². The van der Waals surface area contributed by atoms with Gasteiger partial charge in [0.1, 0.15) is 0 Å². The van der Waals surface area contributed by atoms with Crippen molar-refractivity contribution in [1.29, 1.82) is 0 Å². The first-order valence-electron chi connectivity index (χ1n) is 5.38. The van der Waals surface area contributed by atoms with Crippen LogP contribution in [0, 0.1) is 0 Å². The third-order valence-electron chi connectivity index (χ3n) is 2.27. The Hall–Kier alpha value is -0.590. The van der Waals surface area contributed by atoms with Crippen molar-refractivity contribution in [3.05, 3.63) is 28.2 Å². The van der Waals surface area contributed by atoms with Crippen molar-refractivity contribution in [2.45, 2.75) is 24.7 Å². The molecule has 0 aromatic heterocycles. The van der Waals surface area contributed by atoms with E-state index in [9.17, 15) is 13.2 Å². The Labute approximate surface area is 119 Å². The van der Waals surface area contributed by atoms with Gasteiger partial charge in [-0.25, -0.2) is 8.42 Å². The molecule has 18 heavy (non-hydrogen) atoms. The van der Waals surface area contributed by atoms with E-state index in [0.717, 1.165) is 12.8 Å². The predicted octanol–water partition coefficient (Wildman–Crippen LogP) is 2.91. The SMILES string of the molecule is CCCCNC(=O)c1ccc(Br)c(S(=O)(=O)Cl)c1. The van der Waals surface area contributed by atoms with Crippen LogP contribution in [0.4, 0.5) is 0 Å². The summed E-state index contributed by atoms with van der Waals surface area (Å²) in [6.07, 6.45) is 1.85. The molecule has 0 radical (unpaired) electrons. The highest BCUT2D eigenvalue weighted by Gasteiger charge is 2.17. The molecule has 0 spiro atoms. The average Bonchev–Trinajstić information content (AvgIpc) is 2.28. The Bertz CT molecular complexity index is 545. The molecule has 1 amide bonds. The minimum atomic E-state index is -3.87. The molecule has 0 aliphatic carbocycles. The molecule has 0 fully saturated rings. The van der Waals surface area contributed by atoms with E-state index in [1.165, 1.54) is 18.2 Å². The van der Waals surface area contributed by atoms with E-state index in [2.05, 4.69) is 21.2 Å². The Kier molecular flexibility index (Phi) is 5.62. The van der Waals surface area contributed by atoms with Crippen LogP contribution in [0.5, 0.6) is 0 Å². The number of nitrogens with one attached hydrogen (secondary N) is 1. The Morgan fingerprint density at radius 2 is 2.11 bits per heavy atom. The van der Waals surface area contributed by atoms with Gasteiger partial charge >= 0.3 is 0 Å². The zero-order valence-electron chi connectivity index (χ0n) is 9.74. The van der Waals surface area contributed by atoms with E-state index < -0.39 is 9.05 Å². The van der Waals surface area contributed by atoms with Crippen LogP contribution >= 0.6 is 26.6 Å². The summed E-state index contributed by atoms with van der Waals surface area (Å²) in [5, 5.41) is 2.71. The summed E-state index contributed by atoms with van der Waals surface area (Å²) in [4.78, 5) is 11.6. The Morgan fingerprint density at radius 3 is 2.67 bits per heavy atom. The number of unbranched alkanes of at least 4 members (excludes halogenated alkanes) is 1. The Balaban J connectivity index is 2.95. The van der Waals surface area contributed by atoms with Crippen molar-refractivity contribution < 1.29 is 13.2 Å². The summed E-state index contributed by atoms with van der Waals surface area (Å²) in [6, 6.07) is 4.29. The second kappa shape index (κ2) is 6.54. The van der Waals surface area contributed by atoms with Crippen LogP contribution in [-0.4, -0.2) is 20.9 Å². The predicted molar refractivity (Wildman–Crippen MR) is 74.4 cm³/mol. The lowest BCUT2D eigenvalue weighted by Gasteiger charge is -2.06. The smallest absolute Gasteiger partial charge is 0.262 e. The second-order valence-electron chi connectivity index (χ2n) is 3.69. The zero-order chi connectivity index (χ0) is 13.8. The average molecular weight is 355 g/mol. The van der Waals surface area contributed by atoms with Gasteiger partial charge in [-0.1, -0.05) is 13.3 Å². The summed E-state index contributed by atoms with van der Waals surface area (Å²) < 4.78 is 22.9. The lowest BCUT2D eigenvalue weighted by molar-refractivity contribution is 0.0953. The molecule has 4 nitrogen and oxygen atoms in total. The summed E-state index contributed by atoms with van der Waals surface area (Å²) in [5.41, 5.74) is 0.272. The molecule has 0 unspecified atom stereocenters. The van der Waals surface area contributed by atoms with Gasteiger partial charge in [-0.3, -0.25) is 4.79 Å². The van der Waals surface area contributed by atoms with E-state index in [1.807, 2.05) is 6.92 Å². The van der Waals surface area contributed by atoms with Crippen LogP contribution in [0.3, 0.4) is 0 Å². The number of rotatable bonds is 5. The highest BCUT2D eigenvalue weighted by Crippen LogP contribution is 2.26. The quantitative estimate of drug-likeness (QED) is 0.653.